The quantitative estimate of drug-likeness (QED) is 0.672. The number of rotatable bonds is 8. The van der Waals surface area contributed by atoms with Gasteiger partial charge in [0.1, 0.15) is 11.8 Å². The van der Waals surface area contributed by atoms with Crippen LogP contribution in [0.25, 0.3) is 0 Å². The van der Waals surface area contributed by atoms with E-state index in [1.54, 1.807) is 6.07 Å². The summed E-state index contributed by atoms with van der Waals surface area (Å²) < 4.78 is 10.7. The van der Waals surface area contributed by atoms with Crippen LogP contribution < -0.4 is 10.5 Å². The molecule has 1 aliphatic rings. The SMILES string of the molecule is NC(=O)[C@H]1CCCCN1C(=O)COC(=O)COc1ccccc1Cc1ccccc1. The Bertz CT molecular complexity index is 884. The highest BCUT2D eigenvalue weighted by atomic mass is 16.6. The van der Waals surface area contributed by atoms with Crippen LogP contribution in [0, 0.1) is 0 Å². The number of carbonyl (C=O) groups excluding carboxylic acids is 3. The van der Waals surface area contributed by atoms with E-state index in [1.807, 2.05) is 48.5 Å². The Labute approximate surface area is 175 Å². The molecule has 30 heavy (non-hydrogen) atoms. The van der Waals surface area contributed by atoms with Gasteiger partial charge in [-0.1, -0.05) is 48.5 Å². The molecule has 1 saturated heterocycles. The van der Waals surface area contributed by atoms with Crippen molar-refractivity contribution in [3.05, 3.63) is 65.7 Å². The molecule has 0 unspecified atom stereocenters. The largest absolute Gasteiger partial charge is 0.482 e. The number of para-hydroxylation sites is 1. The van der Waals surface area contributed by atoms with Crippen molar-refractivity contribution in [2.75, 3.05) is 19.8 Å². The maximum absolute atomic E-state index is 12.3. The highest BCUT2D eigenvalue weighted by molar-refractivity contribution is 5.88. The van der Waals surface area contributed by atoms with Gasteiger partial charge in [0.25, 0.3) is 5.91 Å². The number of carbonyl (C=O) groups is 3. The molecule has 7 nitrogen and oxygen atoms in total. The summed E-state index contributed by atoms with van der Waals surface area (Å²) in [5.41, 5.74) is 7.45. The highest BCUT2D eigenvalue weighted by Crippen LogP contribution is 2.21. The van der Waals surface area contributed by atoms with E-state index in [0.717, 1.165) is 24.0 Å². The Morgan fingerprint density at radius 3 is 2.47 bits per heavy atom. The molecule has 0 bridgehead atoms. The van der Waals surface area contributed by atoms with Crippen molar-refractivity contribution in [1.82, 2.24) is 4.90 Å². The third kappa shape index (κ3) is 5.83. The fraction of sp³-hybridized carbons (Fsp3) is 0.348. The lowest BCUT2D eigenvalue weighted by Crippen LogP contribution is -2.51. The first-order valence-electron chi connectivity index (χ1n) is 10.0. The van der Waals surface area contributed by atoms with E-state index in [-0.39, 0.29) is 6.61 Å². The average Bonchev–Trinajstić information content (AvgIpc) is 2.77. The molecule has 2 N–H and O–H groups in total. The number of hydrogen-bond donors (Lipinski definition) is 1. The van der Waals surface area contributed by atoms with Gasteiger partial charge in [-0.25, -0.2) is 4.79 Å². The molecule has 3 rings (SSSR count). The monoisotopic (exact) mass is 410 g/mol. The van der Waals surface area contributed by atoms with Crippen LogP contribution in [0.5, 0.6) is 5.75 Å². The van der Waals surface area contributed by atoms with Gasteiger partial charge in [-0.2, -0.15) is 0 Å². The van der Waals surface area contributed by atoms with Crippen LogP contribution >= 0.6 is 0 Å². The first-order valence-corrected chi connectivity index (χ1v) is 10.0. The van der Waals surface area contributed by atoms with Gasteiger partial charge in [0.15, 0.2) is 13.2 Å². The van der Waals surface area contributed by atoms with E-state index in [4.69, 9.17) is 15.2 Å². The Morgan fingerprint density at radius 1 is 0.967 bits per heavy atom. The molecule has 2 aromatic rings. The molecule has 0 spiro atoms. The number of nitrogens with zero attached hydrogens (tertiary/aromatic N) is 1. The van der Waals surface area contributed by atoms with E-state index in [2.05, 4.69) is 0 Å². The van der Waals surface area contributed by atoms with Gasteiger partial charge < -0.3 is 20.1 Å². The molecule has 0 aliphatic carbocycles. The summed E-state index contributed by atoms with van der Waals surface area (Å²) in [5.74, 6) is -1.01. The van der Waals surface area contributed by atoms with Gasteiger partial charge in [-0.3, -0.25) is 9.59 Å². The first-order chi connectivity index (χ1) is 14.5. The highest BCUT2D eigenvalue weighted by Gasteiger charge is 2.31. The third-order valence-corrected chi connectivity index (χ3v) is 5.06. The minimum Gasteiger partial charge on any atom is -0.482 e. The molecule has 1 atom stereocenters. The predicted molar refractivity (Wildman–Crippen MR) is 111 cm³/mol. The lowest BCUT2D eigenvalue weighted by atomic mass is 10.0. The summed E-state index contributed by atoms with van der Waals surface area (Å²) in [7, 11) is 0. The summed E-state index contributed by atoms with van der Waals surface area (Å²) in [4.78, 5) is 37.4. The molecule has 2 amide bonds. The van der Waals surface area contributed by atoms with Gasteiger partial charge in [0.05, 0.1) is 0 Å². The lowest BCUT2D eigenvalue weighted by Gasteiger charge is -2.33. The summed E-state index contributed by atoms with van der Waals surface area (Å²) in [6, 6.07) is 16.8. The Morgan fingerprint density at radius 2 is 1.70 bits per heavy atom. The van der Waals surface area contributed by atoms with E-state index in [9.17, 15) is 14.4 Å². The molecule has 7 heteroatoms. The number of benzene rings is 2. The van der Waals surface area contributed by atoms with Crippen LogP contribution in [0.15, 0.2) is 54.6 Å². The van der Waals surface area contributed by atoms with Crippen molar-refractivity contribution in [2.45, 2.75) is 31.7 Å². The molecule has 0 saturated carbocycles. The second-order valence-electron chi connectivity index (χ2n) is 7.22. The summed E-state index contributed by atoms with van der Waals surface area (Å²) in [6.45, 7) is -0.302. The van der Waals surface area contributed by atoms with Crippen LogP contribution in [0.3, 0.4) is 0 Å². The van der Waals surface area contributed by atoms with Crippen LogP contribution in [-0.4, -0.2) is 48.5 Å². The minimum absolute atomic E-state index is 0.307. The number of nitrogens with two attached hydrogens (primary N) is 1. The summed E-state index contributed by atoms with van der Waals surface area (Å²) in [6.07, 6.45) is 2.85. The summed E-state index contributed by atoms with van der Waals surface area (Å²) in [5, 5.41) is 0. The fourth-order valence-corrected chi connectivity index (χ4v) is 3.54. The number of esters is 1. The number of ether oxygens (including phenoxy) is 2. The van der Waals surface area contributed by atoms with Gasteiger partial charge in [-0.15, -0.1) is 0 Å². The number of hydrogen-bond acceptors (Lipinski definition) is 5. The standard InChI is InChI=1S/C23H26N2O5/c24-23(28)19-11-6-7-13-25(19)21(26)15-30-22(27)16-29-20-12-5-4-10-18(20)14-17-8-2-1-3-9-17/h1-5,8-10,12,19H,6-7,11,13-16H2,(H2,24,28)/t19-/m1/s1. The fourth-order valence-electron chi connectivity index (χ4n) is 3.54. The molecule has 2 aromatic carbocycles. The lowest BCUT2D eigenvalue weighted by molar-refractivity contribution is -0.156. The smallest absolute Gasteiger partial charge is 0.344 e. The van der Waals surface area contributed by atoms with Gasteiger partial charge in [-0.05, 0) is 36.5 Å². The van der Waals surface area contributed by atoms with Crippen molar-refractivity contribution < 1.29 is 23.9 Å². The van der Waals surface area contributed by atoms with Crippen LogP contribution in [0.2, 0.25) is 0 Å². The van der Waals surface area contributed by atoms with Crippen molar-refractivity contribution in [2.24, 2.45) is 5.73 Å². The number of piperidine rings is 1. The van der Waals surface area contributed by atoms with E-state index < -0.39 is 30.4 Å². The van der Waals surface area contributed by atoms with E-state index >= 15 is 0 Å². The van der Waals surface area contributed by atoms with Gasteiger partial charge in [0, 0.05) is 13.0 Å². The van der Waals surface area contributed by atoms with Crippen molar-refractivity contribution in [3.8, 4) is 5.75 Å². The Kier molecular flexibility index (Phi) is 7.43. The van der Waals surface area contributed by atoms with Crippen molar-refractivity contribution in [3.63, 3.8) is 0 Å². The zero-order valence-corrected chi connectivity index (χ0v) is 16.8. The van der Waals surface area contributed by atoms with Crippen LogP contribution in [-0.2, 0) is 25.5 Å². The summed E-state index contributed by atoms with van der Waals surface area (Å²) >= 11 is 0. The zero-order chi connectivity index (χ0) is 21.3. The van der Waals surface area contributed by atoms with Gasteiger partial charge >= 0.3 is 5.97 Å². The Hall–Kier alpha value is -3.35. The zero-order valence-electron chi connectivity index (χ0n) is 16.8. The minimum atomic E-state index is -0.648. The maximum atomic E-state index is 12.3. The molecule has 1 fully saturated rings. The van der Waals surface area contributed by atoms with Crippen LogP contribution in [0.4, 0.5) is 0 Å². The molecule has 1 heterocycles. The second kappa shape index (κ2) is 10.4. The molecule has 158 valence electrons. The molecule has 0 radical (unpaired) electrons. The number of amides is 2. The van der Waals surface area contributed by atoms with E-state index in [1.165, 1.54) is 4.90 Å². The molecule has 0 aromatic heterocycles. The third-order valence-electron chi connectivity index (χ3n) is 5.06. The van der Waals surface area contributed by atoms with Crippen molar-refractivity contribution in [1.29, 1.82) is 0 Å². The molecular formula is C23H26N2O5. The average molecular weight is 410 g/mol. The van der Waals surface area contributed by atoms with Crippen molar-refractivity contribution >= 4 is 17.8 Å². The Balaban J connectivity index is 1.50. The normalized spacial score (nSPS) is 16.0. The first kappa shape index (κ1) is 21.4. The number of primary amides is 1. The predicted octanol–water partition coefficient (Wildman–Crippen LogP) is 2.07. The van der Waals surface area contributed by atoms with E-state index in [0.29, 0.717) is 25.1 Å². The topological polar surface area (TPSA) is 98.9 Å². The molecular weight excluding hydrogens is 384 g/mol. The molecule has 1 aliphatic heterocycles. The van der Waals surface area contributed by atoms with Crippen LogP contribution in [0.1, 0.15) is 30.4 Å². The van der Waals surface area contributed by atoms with Gasteiger partial charge in [0.2, 0.25) is 5.91 Å². The second-order valence-corrected chi connectivity index (χ2v) is 7.22. The number of likely N-dealkylation sites (tertiary alicyclic amines) is 1. The maximum Gasteiger partial charge on any atom is 0.344 e.